The molecule has 1 N–H and O–H groups in total. The minimum absolute atomic E-state index is 0.0620. The van der Waals surface area contributed by atoms with Crippen LogP contribution < -0.4 is 0 Å². The zero-order valence-corrected chi connectivity index (χ0v) is 16.2. The van der Waals surface area contributed by atoms with E-state index in [0.29, 0.717) is 24.7 Å². The zero-order valence-electron chi connectivity index (χ0n) is 15.4. The molecule has 7 nitrogen and oxygen atoms in total. The maximum atomic E-state index is 11.7. The number of ether oxygens (including phenoxy) is 1. The lowest BCUT2D eigenvalue weighted by Crippen LogP contribution is -2.46. The molecule has 0 amide bonds. The first-order valence-electron chi connectivity index (χ1n) is 9.26. The second-order valence-electron chi connectivity index (χ2n) is 7.58. The average Bonchev–Trinajstić information content (AvgIpc) is 2.50. The van der Waals surface area contributed by atoms with Crippen LogP contribution in [0.25, 0.3) is 0 Å². The van der Waals surface area contributed by atoms with Crippen molar-refractivity contribution in [1.82, 2.24) is 9.80 Å². The molecule has 2 fully saturated rings. The molecule has 2 saturated heterocycles. The van der Waals surface area contributed by atoms with Gasteiger partial charge >= 0.3 is 5.97 Å². The average molecular weight is 377 g/mol. The highest BCUT2D eigenvalue weighted by Crippen LogP contribution is 2.22. The maximum absolute atomic E-state index is 11.7. The number of piperidine rings is 1. The van der Waals surface area contributed by atoms with E-state index in [-0.39, 0.29) is 5.75 Å². The Morgan fingerprint density at radius 2 is 1.68 bits per heavy atom. The molecular weight excluding hydrogens is 344 g/mol. The van der Waals surface area contributed by atoms with E-state index in [1.54, 1.807) is 0 Å². The third-order valence-corrected chi connectivity index (χ3v) is 6.61. The Balaban J connectivity index is 1.64. The van der Waals surface area contributed by atoms with Gasteiger partial charge in [0.15, 0.2) is 9.84 Å². The normalized spacial score (nSPS) is 27.4. The van der Waals surface area contributed by atoms with Crippen LogP contribution >= 0.6 is 0 Å². The van der Waals surface area contributed by atoms with Gasteiger partial charge in [-0.05, 0) is 58.7 Å². The Morgan fingerprint density at radius 1 is 1.08 bits per heavy atom. The summed E-state index contributed by atoms with van der Waals surface area (Å²) in [5.41, 5.74) is 0. The van der Waals surface area contributed by atoms with Crippen molar-refractivity contribution in [3.63, 3.8) is 0 Å². The molecule has 2 unspecified atom stereocenters. The quantitative estimate of drug-likeness (QED) is 0.667. The van der Waals surface area contributed by atoms with Crippen LogP contribution in [0.4, 0.5) is 0 Å². The van der Waals surface area contributed by atoms with Crippen LogP contribution in [-0.2, 0) is 19.4 Å². The Kier molecular flexibility index (Phi) is 7.67. The van der Waals surface area contributed by atoms with Gasteiger partial charge in [-0.15, -0.1) is 0 Å². The van der Waals surface area contributed by atoms with Crippen LogP contribution in [0.3, 0.4) is 0 Å². The first kappa shape index (κ1) is 20.6. The number of hydrogen-bond donors (Lipinski definition) is 1. The number of carboxylic acid groups (broad SMARTS) is 1. The van der Waals surface area contributed by atoms with Gasteiger partial charge in [0.25, 0.3) is 0 Å². The molecule has 25 heavy (non-hydrogen) atoms. The second-order valence-corrected chi connectivity index (χ2v) is 9.76. The first-order valence-corrected chi connectivity index (χ1v) is 11.1. The Bertz CT molecular complexity index is 521. The monoisotopic (exact) mass is 376 g/mol. The van der Waals surface area contributed by atoms with Crippen molar-refractivity contribution in [2.24, 2.45) is 5.92 Å². The summed E-state index contributed by atoms with van der Waals surface area (Å²) in [7, 11) is -3.49. The molecule has 146 valence electrons. The summed E-state index contributed by atoms with van der Waals surface area (Å²) in [5, 5.41) is 8.62. The summed E-state index contributed by atoms with van der Waals surface area (Å²) in [5.74, 6) is -1.40. The highest BCUT2D eigenvalue weighted by molar-refractivity contribution is 7.92. The van der Waals surface area contributed by atoms with Gasteiger partial charge in [0.05, 0.1) is 18.0 Å². The number of morpholine rings is 1. The van der Waals surface area contributed by atoms with Gasteiger partial charge in [-0.1, -0.05) is 0 Å². The van der Waals surface area contributed by atoms with Crippen LogP contribution in [0.1, 0.15) is 33.1 Å². The summed E-state index contributed by atoms with van der Waals surface area (Å²) in [6.07, 6.45) is 3.98. The predicted molar refractivity (Wildman–Crippen MR) is 96.5 cm³/mol. The summed E-state index contributed by atoms with van der Waals surface area (Å²) in [6, 6.07) is 0. The van der Waals surface area contributed by atoms with Gasteiger partial charge in [-0.25, -0.2) is 8.42 Å². The number of likely N-dealkylation sites (tertiary alicyclic amines) is 1. The van der Waals surface area contributed by atoms with Gasteiger partial charge < -0.3 is 14.7 Å². The van der Waals surface area contributed by atoms with Crippen LogP contribution in [0.15, 0.2) is 0 Å². The van der Waals surface area contributed by atoms with E-state index in [4.69, 9.17) is 9.84 Å². The van der Waals surface area contributed by atoms with Gasteiger partial charge in [0.1, 0.15) is 5.75 Å². The van der Waals surface area contributed by atoms with Crippen molar-refractivity contribution in [1.29, 1.82) is 0 Å². The van der Waals surface area contributed by atoms with Crippen molar-refractivity contribution in [3.05, 3.63) is 0 Å². The number of aliphatic carboxylic acids is 1. The molecular formula is C17H32N2O5S. The number of nitrogens with zero attached hydrogens (tertiary/aromatic N) is 2. The van der Waals surface area contributed by atoms with E-state index in [2.05, 4.69) is 23.6 Å². The molecule has 0 aromatic carbocycles. The summed E-state index contributed by atoms with van der Waals surface area (Å²) < 4.78 is 29.1. The van der Waals surface area contributed by atoms with E-state index in [9.17, 15) is 13.2 Å². The number of hydrogen-bond acceptors (Lipinski definition) is 6. The number of carbonyl (C=O) groups is 1. The smallest absolute Gasteiger partial charge is 0.318 e. The maximum Gasteiger partial charge on any atom is 0.318 e. The standard InChI is InChI=1S/C17H32N2O5S/c1-14-11-19(12-15(2)24-14)8-5-16-3-6-18(7-4-16)9-10-25(22,23)13-17(20)21/h14-16H,3-13H2,1-2H3,(H,20,21). The molecule has 2 aliphatic heterocycles. The predicted octanol–water partition coefficient (Wildman–Crippen LogP) is 0.697. The third-order valence-electron chi connectivity index (χ3n) is 5.12. The van der Waals surface area contributed by atoms with Crippen molar-refractivity contribution < 1.29 is 23.1 Å². The van der Waals surface area contributed by atoms with Crippen LogP contribution in [-0.4, -0.2) is 92.3 Å². The van der Waals surface area contributed by atoms with Crippen LogP contribution in [0.2, 0.25) is 0 Å². The molecule has 0 bridgehead atoms. The van der Waals surface area contributed by atoms with Gasteiger partial charge in [0.2, 0.25) is 0 Å². The van der Waals surface area contributed by atoms with E-state index in [0.717, 1.165) is 45.6 Å². The summed E-state index contributed by atoms with van der Waals surface area (Å²) in [4.78, 5) is 15.2. The highest BCUT2D eigenvalue weighted by Gasteiger charge is 2.25. The molecule has 0 aromatic heterocycles. The van der Waals surface area contributed by atoms with Crippen molar-refractivity contribution in [3.8, 4) is 0 Å². The minimum atomic E-state index is -3.49. The van der Waals surface area contributed by atoms with Crippen molar-refractivity contribution in [2.45, 2.75) is 45.3 Å². The molecule has 2 rings (SSSR count). The van der Waals surface area contributed by atoms with E-state index in [1.807, 2.05) is 0 Å². The van der Waals surface area contributed by atoms with Crippen molar-refractivity contribution >= 4 is 15.8 Å². The molecule has 2 heterocycles. The molecule has 2 atom stereocenters. The Labute approximate surface area is 151 Å². The number of rotatable bonds is 8. The molecule has 0 spiro atoms. The van der Waals surface area contributed by atoms with E-state index in [1.165, 1.54) is 6.42 Å². The molecule has 0 aromatic rings. The van der Waals surface area contributed by atoms with E-state index < -0.39 is 21.6 Å². The Hall–Kier alpha value is -0.700. The highest BCUT2D eigenvalue weighted by atomic mass is 32.2. The number of carboxylic acids is 1. The second kappa shape index (κ2) is 9.30. The molecule has 2 aliphatic rings. The lowest BCUT2D eigenvalue weighted by Gasteiger charge is -2.37. The van der Waals surface area contributed by atoms with Crippen molar-refractivity contribution in [2.75, 3.05) is 50.8 Å². The lowest BCUT2D eigenvalue weighted by atomic mass is 9.93. The molecule has 0 radical (unpaired) electrons. The fourth-order valence-corrected chi connectivity index (χ4v) is 4.92. The summed E-state index contributed by atoms with van der Waals surface area (Å²) in [6.45, 7) is 9.62. The van der Waals surface area contributed by atoms with Crippen LogP contribution in [0.5, 0.6) is 0 Å². The largest absolute Gasteiger partial charge is 0.480 e. The number of sulfone groups is 1. The molecule has 8 heteroatoms. The van der Waals surface area contributed by atoms with Crippen LogP contribution in [0, 0.1) is 5.92 Å². The zero-order chi connectivity index (χ0) is 18.4. The molecule has 0 saturated carbocycles. The van der Waals surface area contributed by atoms with E-state index >= 15 is 0 Å². The fourth-order valence-electron chi connectivity index (χ4n) is 3.86. The minimum Gasteiger partial charge on any atom is -0.480 e. The van der Waals surface area contributed by atoms with Gasteiger partial charge in [-0.3, -0.25) is 9.69 Å². The SMILES string of the molecule is CC1CN(CCC2CCN(CCS(=O)(=O)CC(=O)O)CC2)CC(C)O1. The van der Waals surface area contributed by atoms with Gasteiger partial charge in [-0.2, -0.15) is 0 Å². The lowest BCUT2D eigenvalue weighted by molar-refractivity contribution is -0.134. The summed E-state index contributed by atoms with van der Waals surface area (Å²) >= 11 is 0. The topological polar surface area (TPSA) is 87.2 Å². The molecule has 0 aliphatic carbocycles. The first-order chi connectivity index (χ1) is 11.7. The van der Waals surface area contributed by atoms with Gasteiger partial charge in [0, 0.05) is 19.6 Å². The fraction of sp³-hybridized carbons (Fsp3) is 0.941. The Morgan fingerprint density at radius 3 is 2.24 bits per heavy atom. The third kappa shape index (κ3) is 7.60.